The minimum Gasteiger partial charge on any atom is -0.480 e. The molecule has 0 radical (unpaired) electrons. The van der Waals surface area contributed by atoms with Gasteiger partial charge in [-0.05, 0) is 45.2 Å². The Morgan fingerprint density at radius 3 is 2.90 bits per heavy atom. The van der Waals surface area contributed by atoms with E-state index in [1.54, 1.807) is 37.1 Å². The van der Waals surface area contributed by atoms with Crippen LogP contribution < -0.4 is 4.90 Å². The van der Waals surface area contributed by atoms with Crippen LogP contribution in [0.1, 0.15) is 43.5 Å². The monoisotopic (exact) mass is 292 g/mol. The molecule has 6 nitrogen and oxygen atoms in total. The quantitative estimate of drug-likeness (QED) is 0.856. The van der Waals surface area contributed by atoms with E-state index in [1.165, 1.54) is 0 Å². The summed E-state index contributed by atoms with van der Waals surface area (Å²) in [7, 11) is 0. The lowest BCUT2D eigenvalue weighted by Gasteiger charge is -2.42. The molecule has 1 atom stereocenters. The molecular weight excluding hydrogens is 272 g/mol. The first-order chi connectivity index (χ1) is 10.0. The summed E-state index contributed by atoms with van der Waals surface area (Å²) in [5.41, 5.74) is -0.734. The topological polar surface area (TPSA) is 79.7 Å². The van der Waals surface area contributed by atoms with Crippen molar-refractivity contribution < 1.29 is 19.4 Å². The summed E-state index contributed by atoms with van der Waals surface area (Å²) in [5, 5.41) is 9.58. The van der Waals surface area contributed by atoms with E-state index in [-0.39, 0.29) is 6.61 Å². The van der Waals surface area contributed by atoms with Gasteiger partial charge < -0.3 is 14.7 Å². The number of hydrogen-bond acceptors (Lipinski definition) is 5. The smallest absolute Gasteiger partial charge is 0.341 e. The fourth-order valence-electron chi connectivity index (χ4n) is 2.66. The highest BCUT2D eigenvalue weighted by atomic mass is 16.5. The van der Waals surface area contributed by atoms with Gasteiger partial charge in [0.25, 0.3) is 0 Å². The van der Waals surface area contributed by atoms with Gasteiger partial charge in [-0.15, -0.1) is 0 Å². The second-order valence-electron chi connectivity index (χ2n) is 5.28. The highest BCUT2D eigenvalue weighted by Gasteiger charge is 2.43. The molecule has 0 aliphatic carbocycles. The van der Waals surface area contributed by atoms with Gasteiger partial charge in [-0.1, -0.05) is 0 Å². The number of carboxylic acid groups (broad SMARTS) is 1. The van der Waals surface area contributed by atoms with Gasteiger partial charge in [0.05, 0.1) is 6.61 Å². The lowest BCUT2D eigenvalue weighted by atomic mass is 9.88. The molecule has 1 saturated heterocycles. The fourth-order valence-corrected chi connectivity index (χ4v) is 2.66. The molecular formula is C15H20N2O4. The van der Waals surface area contributed by atoms with Gasteiger partial charge in [0.1, 0.15) is 16.9 Å². The first-order valence-corrected chi connectivity index (χ1v) is 7.14. The molecule has 114 valence electrons. The van der Waals surface area contributed by atoms with Crippen molar-refractivity contribution in [3.63, 3.8) is 0 Å². The summed E-state index contributed by atoms with van der Waals surface area (Å²) < 4.78 is 5.04. The molecule has 1 aliphatic rings. The fraction of sp³-hybridized carbons (Fsp3) is 0.533. The van der Waals surface area contributed by atoms with Crippen molar-refractivity contribution in [3.05, 3.63) is 23.9 Å². The first-order valence-electron chi connectivity index (χ1n) is 7.14. The molecule has 21 heavy (non-hydrogen) atoms. The van der Waals surface area contributed by atoms with Crippen LogP contribution >= 0.6 is 0 Å². The number of piperidine rings is 1. The van der Waals surface area contributed by atoms with Crippen molar-refractivity contribution in [2.24, 2.45) is 0 Å². The van der Waals surface area contributed by atoms with E-state index in [0.717, 1.165) is 12.8 Å². The van der Waals surface area contributed by atoms with Gasteiger partial charge >= 0.3 is 11.9 Å². The number of pyridine rings is 1. The maximum atomic E-state index is 12.1. The lowest BCUT2D eigenvalue weighted by molar-refractivity contribution is -0.143. The Balaban J connectivity index is 2.44. The number of aromatic nitrogens is 1. The summed E-state index contributed by atoms with van der Waals surface area (Å²) in [6, 6.07) is 3.27. The number of carbonyl (C=O) groups is 2. The zero-order chi connectivity index (χ0) is 15.5. The first kappa shape index (κ1) is 15.3. The SMILES string of the molecule is CCOC(=O)c1cccnc1N1CCCCC1(C)C(=O)O. The van der Waals surface area contributed by atoms with Crippen LogP contribution in [0.5, 0.6) is 0 Å². The summed E-state index contributed by atoms with van der Waals surface area (Å²) >= 11 is 0. The standard InChI is InChI=1S/C15H20N2O4/c1-3-21-13(18)11-7-6-9-16-12(11)17-10-5-4-8-15(17,2)14(19)20/h6-7,9H,3-5,8,10H2,1-2H3,(H,19,20). The Hall–Kier alpha value is -2.11. The molecule has 0 bridgehead atoms. The van der Waals surface area contributed by atoms with Crippen LogP contribution in [0.2, 0.25) is 0 Å². The summed E-state index contributed by atoms with van der Waals surface area (Å²) in [6.45, 7) is 4.24. The third kappa shape index (κ3) is 2.84. The molecule has 0 spiro atoms. The molecule has 0 amide bonds. The molecule has 1 unspecified atom stereocenters. The van der Waals surface area contributed by atoms with Crippen molar-refractivity contribution >= 4 is 17.8 Å². The number of rotatable bonds is 4. The van der Waals surface area contributed by atoms with Crippen LogP contribution in [0.25, 0.3) is 0 Å². The molecule has 1 aliphatic heterocycles. The van der Waals surface area contributed by atoms with E-state index >= 15 is 0 Å². The molecule has 1 fully saturated rings. The molecule has 1 aromatic heterocycles. The van der Waals surface area contributed by atoms with Crippen LogP contribution in [-0.2, 0) is 9.53 Å². The van der Waals surface area contributed by atoms with Crippen molar-refractivity contribution in [3.8, 4) is 0 Å². The third-order valence-corrected chi connectivity index (χ3v) is 3.89. The minimum atomic E-state index is -1.05. The third-order valence-electron chi connectivity index (χ3n) is 3.89. The van der Waals surface area contributed by atoms with Crippen molar-refractivity contribution in [2.75, 3.05) is 18.1 Å². The van der Waals surface area contributed by atoms with Crippen molar-refractivity contribution in [2.45, 2.75) is 38.6 Å². The van der Waals surface area contributed by atoms with Gasteiger partial charge in [0, 0.05) is 12.7 Å². The molecule has 2 heterocycles. The Kier molecular flexibility index (Phi) is 4.45. The number of nitrogens with zero attached hydrogens (tertiary/aromatic N) is 2. The number of ether oxygens (including phenoxy) is 1. The van der Waals surface area contributed by atoms with Gasteiger partial charge in [0.2, 0.25) is 0 Å². The van der Waals surface area contributed by atoms with E-state index < -0.39 is 17.5 Å². The number of carboxylic acids is 1. The molecule has 6 heteroatoms. The molecule has 0 aromatic carbocycles. The zero-order valence-corrected chi connectivity index (χ0v) is 12.3. The Labute approximate surface area is 123 Å². The highest BCUT2D eigenvalue weighted by molar-refractivity contribution is 5.96. The normalized spacial score (nSPS) is 21.9. The van der Waals surface area contributed by atoms with E-state index in [4.69, 9.17) is 4.74 Å². The number of carbonyl (C=O) groups excluding carboxylic acids is 1. The Bertz CT molecular complexity index is 546. The van der Waals surface area contributed by atoms with E-state index in [1.807, 2.05) is 0 Å². The minimum absolute atomic E-state index is 0.267. The van der Waals surface area contributed by atoms with Gasteiger partial charge in [-0.2, -0.15) is 0 Å². The average molecular weight is 292 g/mol. The van der Waals surface area contributed by atoms with Crippen LogP contribution in [-0.4, -0.2) is 40.7 Å². The highest BCUT2D eigenvalue weighted by Crippen LogP contribution is 2.34. The summed E-state index contributed by atoms with van der Waals surface area (Å²) in [4.78, 5) is 29.7. The predicted molar refractivity (Wildman–Crippen MR) is 77.4 cm³/mol. The largest absolute Gasteiger partial charge is 0.480 e. The zero-order valence-electron chi connectivity index (χ0n) is 12.3. The molecule has 1 N–H and O–H groups in total. The second-order valence-corrected chi connectivity index (χ2v) is 5.28. The Morgan fingerprint density at radius 1 is 1.48 bits per heavy atom. The van der Waals surface area contributed by atoms with Gasteiger partial charge in [-0.3, -0.25) is 0 Å². The molecule has 2 rings (SSSR count). The molecule has 1 aromatic rings. The van der Waals surface area contributed by atoms with Crippen molar-refractivity contribution in [1.29, 1.82) is 0 Å². The molecule has 0 saturated carbocycles. The van der Waals surface area contributed by atoms with Crippen LogP contribution in [0, 0.1) is 0 Å². The maximum Gasteiger partial charge on any atom is 0.341 e. The number of esters is 1. The average Bonchev–Trinajstić information content (AvgIpc) is 2.48. The van der Waals surface area contributed by atoms with Crippen LogP contribution in [0.3, 0.4) is 0 Å². The van der Waals surface area contributed by atoms with E-state index in [0.29, 0.717) is 24.3 Å². The Morgan fingerprint density at radius 2 is 2.24 bits per heavy atom. The lowest BCUT2D eigenvalue weighted by Crippen LogP contribution is -2.56. The van der Waals surface area contributed by atoms with Crippen molar-refractivity contribution in [1.82, 2.24) is 4.98 Å². The van der Waals surface area contributed by atoms with E-state index in [2.05, 4.69) is 4.98 Å². The predicted octanol–water partition coefficient (Wildman–Crippen LogP) is 2.09. The van der Waals surface area contributed by atoms with Gasteiger partial charge in [0.15, 0.2) is 0 Å². The summed E-state index contributed by atoms with van der Waals surface area (Å²) in [6.07, 6.45) is 3.82. The van der Waals surface area contributed by atoms with Gasteiger partial charge in [-0.25, -0.2) is 14.6 Å². The number of anilines is 1. The van der Waals surface area contributed by atoms with Crippen LogP contribution in [0.4, 0.5) is 5.82 Å². The van der Waals surface area contributed by atoms with Crippen LogP contribution in [0.15, 0.2) is 18.3 Å². The maximum absolute atomic E-state index is 12.1. The number of hydrogen-bond donors (Lipinski definition) is 1. The number of aliphatic carboxylic acids is 1. The van der Waals surface area contributed by atoms with E-state index in [9.17, 15) is 14.7 Å². The second kappa shape index (κ2) is 6.11. The summed E-state index contributed by atoms with van der Waals surface area (Å²) in [5.74, 6) is -0.984.